The van der Waals surface area contributed by atoms with E-state index in [2.05, 4.69) is 11.5 Å². The van der Waals surface area contributed by atoms with Gasteiger partial charge in [0.05, 0.1) is 0 Å². The molecule has 0 aliphatic carbocycles. The highest BCUT2D eigenvalue weighted by molar-refractivity contribution is 7.80. The Hall–Kier alpha value is -2.19. The van der Waals surface area contributed by atoms with E-state index in [4.69, 9.17) is 12.2 Å². The Kier molecular flexibility index (Phi) is 3.63. The molecule has 19 heavy (non-hydrogen) atoms. The van der Waals surface area contributed by atoms with E-state index in [1.165, 1.54) is 11.8 Å². The third-order valence-electron chi connectivity index (χ3n) is 3.05. The van der Waals surface area contributed by atoms with Crippen LogP contribution < -0.4 is 5.32 Å². The number of thiocarbonyl (C=S) groups is 1. The lowest BCUT2D eigenvalue weighted by molar-refractivity contribution is -0.114. The van der Waals surface area contributed by atoms with Gasteiger partial charge in [-0.15, -0.1) is 0 Å². The molecule has 0 saturated heterocycles. The van der Waals surface area contributed by atoms with Crippen LogP contribution in [0.4, 0.5) is 0 Å². The zero-order valence-electron chi connectivity index (χ0n) is 10.7. The fourth-order valence-electron chi connectivity index (χ4n) is 2.25. The first-order chi connectivity index (χ1) is 9.06. The molecule has 0 spiro atoms. The topological polar surface area (TPSA) is 56.1 Å². The maximum atomic E-state index is 11.9. The van der Waals surface area contributed by atoms with Gasteiger partial charge in [0.15, 0.2) is 17.1 Å². The average Bonchev–Trinajstić information content (AvgIpc) is 2.38. The summed E-state index contributed by atoms with van der Waals surface area (Å²) in [7, 11) is 0. The molecule has 0 saturated carbocycles. The molecule has 0 bridgehead atoms. The number of Topliss-reactive ketones (excluding diaryl/α,β-unsaturated/α-hetero) is 1. The van der Waals surface area contributed by atoms with E-state index in [0.29, 0.717) is 16.4 Å². The van der Waals surface area contributed by atoms with Gasteiger partial charge in [-0.1, -0.05) is 30.3 Å². The van der Waals surface area contributed by atoms with Crippen LogP contribution >= 0.6 is 12.2 Å². The number of benzene rings is 1. The van der Waals surface area contributed by atoms with Crippen molar-refractivity contribution in [1.82, 2.24) is 10.2 Å². The van der Waals surface area contributed by atoms with Gasteiger partial charge in [0.25, 0.3) is 0 Å². The lowest BCUT2D eigenvalue weighted by Gasteiger charge is -2.34. The largest absolute Gasteiger partial charge is 0.335 e. The van der Waals surface area contributed by atoms with E-state index in [-0.39, 0.29) is 5.78 Å². The number of nitrogens with one attached hydrogen (secondary N) is 1. The minimum absolute atomic E-state index is 0.0680. The Morgan fingerprint density at radius 3 is 2.58 bits per heavy atom. The second-order valence-electron chi connectivity index (χ2n) is 4.31. The molecule has 96 valence electrons. The minimum atomic E-state index is -0.447. The van der Waals surface area contributed by atoms with E-state index in [1.54, 1.807) is 6.92 Å². The third kappa shape index (κ3) is 2.35. The van der Waals surface area contributed by atoms with Crippen molar-refractivity contribution in [2.75, 3.05) is 0 Å². The summed E-state index contributed by atoms with van der Waals surface area (Å²) in [5.41, 5.74) is 2.15. The van der Waals surface area contributed by atoms with Crippen LogP contribution in [0.25, 0.3) is 0 Å². The molecule has 1 atom stereocenters. The summed E-state index contributed by atoms with van der Waals surface area (Å²) in [6, 6.07) is 8.98. The molecule has 4 nitrogen and oxygen atoms in total. The van der Waals surface area contributed by atoms with Gasteiger partial charge in [-0.05, 0) is 31.6 Å². The van der Waals surface area contributed by atoms with Gasteiger partial charge < -0.3 is 5.32 Å². The van der Waals surface area contributed by atoms with Crippen LogP contribution in [0.3, 0.4) is 0 Å². The van der Waals surface area contributed by atoms with Gasteiger partial charge in [0, 0.05) is 11.3 Å². The molecule has 1 N–H and O–H groups in total. The van der Waals surface area contributed by atoms with Crippen LogP contribution in [-0.4, -0.2) is 15.8 Å². The smallest absolute Gasteiger partial charge is 0.187 e. The van der Waals surface area contributed by atoms with E-state index in [1.807, 2.05) is 30.3 Å². The normalized spacial score (nSPS) is 18.9. The van der Waals surface area contributed by atoms with Gasteiger partial charge in [-0.3, -0.25) is 4.79 Å². The highest BCUT2D eigenvalue weighted by Gasteiger charge is 2.34. The van der Waals surface area contributed by atoms with Crippen LogP contribution in [0.5, 0.6) is 0 Å². The Morgan fingerprint density at radius 2 is 2.05 bits per heavy atom. The van der Waals surface area contributed by atoms with Crippen LogP contribution in [0.1, 0.15) is 25.5 Å². The molecule has 2 rings (SSSR count). The van der Waals surface area contributed by atoms with Crippen molar-refractivity contribution in [3.8, 4) is 6.19 Å². The quantitative estimate of drug-likeness (QED) is 0.660. The molecule has 0 fully saturated rings. The lowest BCUT2D eigenvalue weighted by Crippen LogP contribution is -2.45. The fraction of sp³-hybridized carbons (Fsp3) is 0.214. The Balaban J connectivity index is 2.62. The number of rotatable bonds is 2. The number of allylic oxidation sites excluding steroid dienone is 1. The highest BCUT2D eigenvalue weighted by atomic mass is 32.1. The zero-order valence-corrected chi connectivity index (χ0v) is 11.5. The van der Waals surface area contributed by atoms with Crippen LogP contribution in [0, 0.1) is 11.5 Å². The summed E-state index contributed by atoms with van der Waals surface area (Å²) in [6.07, 6.45) is 2.05. The number of hydrogen-bond donors (Lipinski definition) is 1. The Bertz CT molecular complexity index is 601. The summed E-state index contributed by atoms with van der Waals surface area (Å²) in [5.74, 6) is -0.0680. The zero-order chi connectivity index (χ0) is 14.0. The van der Waals surface area contributed by atoms with Crippen LogP contribution in [0.2, 0.25) is 0 Å². The average molecular weight is 271 g/mol. The SMILES string of the molecule is CC(=O)C1=C(C)NC(=S)N(C#N)C1c1ccccc1. The number of nitrogens with zero attached hydrogens (tertiary/aromatic N) is 2. The van der Waals surface area contributed by atoms with Crippen molar-refractivity contribution in [2.45, 2.75) is 19.9 Å². The summed E-state index contributed by atoms with van der Waals surface area (Å²) >= 11 is 5.17. The molecule has 1 heterocycles. The first-order valence-electron chi connectivity index (χ1n) is 5.83. The first kappa shape index (κ1) is 13.2. The van der Waals surface area contributed by atoms with E-state index < -0.39 is 6.04 Å². The number of carbonyl (C=O) groups excluding carboxylic acids is 1. The van der Waals surface area contributed by atoms with Crippen LogP contribution in [-0.2, 0) is 4.79 Å². The van der Waals surface area contributed by atoms with Crippen molar-refractivity contribution in [1.29, 1.82) is 5.26 Å². The number of carbonyl (C=O) groups is 1. The monoisotopic (exact) mass is 271 g/mol. The molecule has 0 radical (unpaired) electrons. The lowest BCUT2D eigenvalue weighted by atomic mass is 9.92. The number of nitriles is 1. The second kappa shape index (κ2) is 5.21. The fourth-order valence-corrected chi connectivity index (χ4v) is 2.55. The van der Waals surface area contributed by atoms with Crippen molar-refractivity contribution in [3.63, 3.8) is 0 Å². The molecule has 1 aromatic carbocycles. The van der Waals surface area contributed by atoms with Gasteiger partial charge in [0.1, 0.15) is 6.04 Å². The summed E-state index contributed by atoms with van der Waals surface area (Å²) < 4.78 is 0. The summed E-state index contributed by atoms with van der Waals surface area (Å²) in [6.45, 7) is 3.30. The van der Waals surface area contributed by atoms with E-state index >= 15 is 0 Å². The van der Waals surface area contributed by atoms with E-state index in [9.17, 15) is 10.1 Å². The van der Waals surface area contributed by atoms with Gasteiger partial charge in [0.2, 0.25) is 0 Å². The third-order valence-corrected chi connectivity index (χ3v) is 3.35. The van der Waals surface area contributed by atoms with E-state index in [0.717, 1.165) is 5.56 Å². The predicted molar refractivity (Wildman–Crippen MR) is 75.7 cm³/mol. The molecule has 1 unspecified atom stereocenters. The van der Waals surface area contributed by atoms with Crippen molar-refractivity contribution in [3.05, 3.63) is 47.2 Å². The maximum absolute atomic E-state index is 11.9. The Labute approximate surface area is 117 Å². The van der Waals surface area contributed by atoms with Crippen LogP contribution in [0.15, 0.2) is 41.6 Å². The molecular formula is C14H13N3OS. The molecule has 1 aromatic rings. The maximum Gasteiger partial charge on any atom is 0.187 e. The van der Waals surface area contributed by atoms with Gasteiger partial charge >= 0.3 is 0 Å². The van der Waals surface area contributed by atoms with Crippen molar-refractivity contribution >= 4 is 23.1 Å². The van der Waals surface area contributed by atoms with Crippen molar-refractivity contribution in [2.24, 2.45) is 0 Å². The molecule has 0 amide bonds. The second-order valence-corrected chi connectivity index (χ2v) is 4.69. The Morgan fingerprint density at radius 1 is 1.42 bits per heavy atom. The van der Waals surface area contributed by atoms with Gasteiger partial charge in [-0.2, -0.15) is 5.26 Å². The summed E-state index contributed by atoms with van der Waals surface area (Å²) in [5, 5.41) is 12.5. The molecule has 0 aromatic heterocycles. The van der Waals surface area contributed by atoms with Crippen molar-refractivity contribution < 1.29 is 4.79 Å². The number of hydrogen-bond acceptors (Lipinski definition) is 3. The number of ketones is 1. The predicted octanol–water partition coefficient (Wildman–Crippen LogP) is 2.26. The molecule has 1 aliphatic rings. The van der Waals surface area contributed by atoms with Gasteiger partial charge in [-0.25, -0.2) is 4.90 Å². The summed E-state index contributed by atoms with van der Waals surface area (Å²) in [4.78, 5) is 13.2. The first-order valence-corrected chi connectivity index (χ1v) is 6.23. The highest BCUT2D eigenvalue weighted by Crippen LogP contribution is 2.33. The standard InChI is InChI=1S/C14H13N3OS/c1-9-12(10(2)18)13(11-6-4-3-5-7-11)17(8-15)14(19)16-9/h3-7,13H,1-2H3,(H,16,19). The molecule has 5 heteroatoms. The molecular weight excluding hydrogens is 258 g/mol. The minimum Gasteiger partial charge on any atom is -0.335 e. The molecule has 1 aliphatic heterocycles.